The molecule has 0 amide bonds. The van der Waals surface area contributed by atoms with E-state index in [4.69, 9.17) is 4.74 Å². The Balaban J connectivity index is 1.40. The number of benzene rings is 1. The molecule has 0 radical (unpaired) electrons. The van der Waals surface area contributed by atoms with E-state index in [1.54, 1.807) is 6.26 Å². The minimum Gasteiger partial charge on any atom is -0.496 e. The zero-order chi connectivity index (χ0) is 20.0. The van der Waals surface area contributed by atoms with E-state index in [0.717, 1.165) is 28.3 Å². The van der Waals surface area contributed by atoms with Crippen LogP contribution in [0.2, 0.25) is 0 Å². The van der Waals surface area contributed by atoms with E-state index in [0.29, 0.717) is 24.5 Å². The molecule has 2 aliphatic heterocycles. The summed E-state index contributed by atoms with van der Waals surface area (Å²) in [7, 11) is 0. The van der Waals surface area contributed by atoms with Crippen molar-refractivity contribution >= 4 is 32.9 Å². The molecule has 5 nitrogen and oxygen atoms in total. The Labute approximate surface area is 175 Å². The van der Waals surface area contributed by atoms with Crippen LogP contribution in [0.25, 0.3) is 15.8 Å². The van der Waals surface area contributed by atoms with Gasteiger partial charge < -0.3 is 14.7 Å². The van der Waals surface area contributed by atoms with E-state index in [1.807, 2.05) is 24.3 Å². The molecule has 0 spiro atoms. The highest BCUT2D eigenvalue weighted by molar-refractivity contribution is 7.19. The maximum atomic E-state index is 13.4. The predicted octanol–water partition coefficient (Wildman–Crippen LogP) is 3.87. The topological polar surface area (TPSA) is 62.7 Å². The fourth-order valence-electron chi connectivity index (χ4n) is 5.19. The number of hydrogen-bond acceptors (Lipinski definition) is 6. The zero-order valence-corrected chi connectivity index (χ0v) is 17.6. The van der Waals surface area contributed by atoms with Gasteiger partial charge in [0.05, 0.1) is 34.1 Å². The third-order valence-corrected chi connectivity index (χ3v) is 8.01. The van der Waals surface area contributed by atoms with Crippen LogP contribution in [0.1, 0.15) is 44.0 Å². The van der Waals surface area contributed by atoms with Crippen LogP contribution in [-0.2, 0) is 9.53 Å². The highest BCUT2D eigenvalue weighted by atomic mass is 32.1. The molecule has 1 aliphatic carbocycles. The normalized spacial score (nSPS) is 33.2. The first-order chi connectivity index (χ1) is 14.1. The highest BCUT2D eigenvalue weighted by Gasteiger charge is 2.47. The van der Waals surface area contributed by atoms with E-state index < -0.39 is 6.10 Å². The highest BCUT2D eigenvalue weighted by Crippen LogP contribution is 2.41. The molecule has 1 N–H and O–H groups in total. The summed E-state index contributed by atoms with van der Waals surface area (Å²) < 4.78 is 7.25. The van der Waals surface area contributed by atoms with Crippen molar-refractivity contribution in [3.8, 4) is 0 Å². The van der Waals surface area contributed by atoms with Crippen molar-refractivity contribution in [1.29, 1.82) is 0 Å². The lowest BCUT2D eigenvalue weighted by Gasteiger charge is -2.45. The molecule has 1 aromatic heterocycles. The van der Waals surface area contributed by atoms with Crippen LogP contribution in [0.5, 0.6) is 0 Å². The fourth-order valence-corrected chi connectivity index (χ4v) is 6.17. The van der Waals surface area contributed by atoms with Gasteiger partial charge >= 0.3 is 0 Å². The van der Waals surface area contributed by atoms with Gasteiger partial charge in [-0.1, -0.05) is 18.6 Å². The first kappa shape index (κ1) is 19.2. The van der Waals surface area contributed by atoms with Crippen LogP contribution in [0.3, 0.4) is 0 Å². The number of piperidine rings is 1. The number of aromatic nitrogens is 1. The number of fused-ring (bicyclic) bond motifs is 2. The van der Waals surface area contributed by atoms with Gasteiger partial charge in [0, 0.05) is 18.5 Å². The van der Waals surface area contributed by atoms with Gasteiger partial charge in [-0.05, 0) is 51.3 Å². The first-order valence-electron chi connectivity index (χ1n) is 10.8. The van der Waals surface area contributed by atoms with Crippen molar-refractivity contribution in [2.45, 2.75) is 57.3 Å². The third kappa shape index (κ3) is 3.51. The molecule has 29 heavy (non-hydrogen) atoms. The molecule has 1 aromatic carbocycles. The molecule has 3 aliphatic rings. The summed E-state index contributed by atoms with van der Waals surface area (Å²) in [5, 5.41) is 11.5. The second-order valence-corrected chi connectivity index (χ2v) is 9.77. The summed E-state index contributed by atoms with van der Waals surface area (Å²) in [6.45, 7) is 4.15. The van der Waals surface area contributed by atoms with Gasteiger partial charge in [0.1, 0.15) is 11.1 Å². The predicted molar refractivity (Wildman–Crippen MR) is 115 cm³/mol. The number of likely N-dealkylation sites (tertiary alicyclic amines) is 1. The van der Waals surface area contributed by atoms with Crippen molar-refractivity contribution in [3.63, 3.8) is 0 Å². The largest absolute Gasteiger partial charge is 0.496 e. The smallest absolute Gasteiger partial charge is 0.175 e. The molecule has 2 fully saturated rings. The van der Waals surface area contributed by atoms with E-state index in [1.165, 1.54) is 30.6 Å². The number of aliphatic hydroxyl groups excluding tert-OH is 1. The van der Waals surface area contributed by atoms with E-state index in [9.17, 15) is 9.90 Å². The van der Waals surface area contributed by atoms with Crippen molar-refractivity contribution in [1.82, 2.24) is 9.88 Å². The number of nitrogens with zero attached hydrogens (tertiary/aromatic N) is 2. The van der Waals surface area contributed by atoms with Crippen LogP contribution in [0.4, 0.5) is 0 Å². The molecule has 3 heterocycles. The molecular formula is C23H28N2O3S. The first-order valence-corrected chi connectivity index (χ1v) is 11.6. The number of rotatable bonds is 3. The summed E-state index contributed by atoms with van der Waals surface area (Å²) in [5.74, 6) is -0.0779. The summed E-state index contributed by atoms with van der Waals surface area (Å²) in [5.41, 5.74) is 1.51. The van der Waals surface area contributed by atoms with Gasteiger partial charge in [0.15, 0.2) is 5.78 Å². The standard InChI is InChI=1S/C23H28N2O3S/c1-14-6-4-5-11-25(14)12-16-19(26)10-9-15-21(27)17(13-28-22(15)16)23-24-18-7-2-3-8-20(18)29-23/h2-3,7-8,13-16,19,22,26H,4-6,9-12H2,1H3. The summed E-state index contributed by atoms with van der Waals surface area (Å²) in [4.78, 5) is 20.5. The van der Waals surface area contributed by atoms with Gasteiger partial charge in [-0.3, -0.25) is 4.79 Å². The quantitative estimate of drug-likeness (QED) is 0.829. The number of aliphatic hydroxyl groups is 1. The number of hydrogen-bond donors (Lipinski definition) is 1. The van der Waals surface area contributed by atoms with E-state index in [2.05, 4.69) is 16.8 Å². The molecular weight excluding hydrogens is 384 g/mol. The third-order valence-electron chi connectivity index (χ3n) is 6.94. The minimum atomic E-state index is -0.407. The Morgan fingerprint density at radius 2 is 2.10 bits per heavy atom. The van der Waals surface area contributed by atoms with Crippen LogP contribution in [-0.4, -0.2) is 52.1 Å². The molecule has 154 valence electrons. The average molecular weight is 413 g/mol. The fraction of sp³-hybridized carbons (Fsp3) is 0.565. The van der Waals surface area contributed by atoms with Crippen molar-refractivity contribution in [2.24, 2.45) is 11.8 Å². The number of carbonyl (C=O) groups excluding carboxylic acids is 1. The van der Waals surface area contributed by atoms with Gasteiger partial charge in [0.2, 0.25) is 0 Å². The number of thiazole rings is 1. The van der Waals surface area contributed by atoms with E-state index in [-0.39, 0.29) is 23.7 Å². The number of ether oxygens (including phenoxy) is 1. The molecule has 1 saturated heterocycles. The van der Waals surface area contributed by atoms with Crippen LogP contribution >= 0.6 is 11.3 Å². The second-order valence-electron chi connectivity index (χ2n) is 8.74. The van der Waals surface area contributed by atoms with Crippen LogP contribution in [0.15, 0.2) is 30.5 Å². The Kier molecular flexibility index (Phi) is 5.18. The second kappa shape index (κ2) is 7.82. The SMILES string of the molecule is CC1CCCCN1CC1C(O)CCC2C(=O)C(c3nc4ccccc4s3)=COC21. The lowest BCUT2D eigenvalue weighted by atomic mass is 9.72. The molecule has 0 bridgehead atoms. The summed E-state index contributed by atoms with van der Waals surface area (Å²) in [6, 6.07) is 8.48. The number of carbonyl (C=O) groups is 1. The van der Waals surface area contributed by atoms with Crippen LogP contribution < -0.4 is 0 Å². The number of ketones is 1. The minimum absolute atomic E-state index is 0.0218. The van der Waals surface area contributed by atoms with Crippen molar-refractivity contribution in [3.05, 3.63) is 35.5 Å². The molecule has 5 unspecified atom stereocenters. The summed E-state index contributed by atoms with van der Waals surface area (Å²) in [6.07, 6.45) is 6.01. The van der Waals surface area contributed by atoms with Gasteiger partial charge in [-0.25, -0.2) is 4.98 Å². The maximum absolute atomic E-state index is 13.4. The van der Waals surface area contributed by atoms with E-state index >= 15 is 0 Å². The Morgan fingerprint density at radius 1 is 1.24 bits per heavy atom. The van der Waals surface area contributed by atoms with Gasteiger partial charge in [-0.2, -0.15) is 0 Å². The Morgan fingerprint density at radius 3 is 2.93 bits per heavy atom. The Bertz CT molecular complexity index is 906. The zero-order valence-electron chi connectivity index (χ0n) is 16.8. The average Bonchev–Trinajstić information content (AvgIpc) is 3.15. The number of allylic oxidation sites excluding steroid dienone is 1. The number of para-hydroxylation sites is 1. The monoisotopic (exact) mass is 412 g/mol. The van der Waals surface area contributed by atoms with Crippen molar-refractivity contribution in [2.75, 3.05) is 13.1 Å². The Hall–Kier alpha value is -1.76. The molecule has 2 aromatic rings. The molecule has 5 rings (SSSR count). The van der Waals surface area contributed by atoms with Crippen molar-refractivity contribution < 1.29 is 14.6 Å². The lowest BCUT2D eigenvalue weighted by molar-refractivity contribution is -0.134. The van der Waals surface area contributed by atoms with Gasteiger partial charge in [-0.15, -0.1) is 11.3 Å². The maximum Gasteiger partial charge on any atom is 0.175 e. The molecule has 6 heteroatoms. The molecule has 5 atom stereocenters. The molecule has 1 saturated carbocycles. The van der Waals surface area contributed by atoms with Gasteiger partial charge in [0.25, 0.3) is 0 Å². The van der Waals surface area contributed by atoms with Crippen LogP contribution in [0, 0.1) is 11.8 Å². The summed E-state index contributed by atoms with van der Waals surface area (Å²) >= 11 is 1.54. The number of Topliss-reactive ketones (excluding diaryl/α,β-unsaturated/α-hetero) is 1. The lowest BCUT2D eigenvalue weighted by Crippen LogP contribution is -2.53.